The number of hydrogen-bond acceptors (Lipinski definition) is 5. The summed E-state index contributed by atoms with van der Waals surface area (Å²) < 4.78 is 8.18. The first-order valence-corrected chi connectivity index (χ1v) is 8.76. The molecule has 7 nitrogen and oxygen atoms in total. The van der Waals surface area contributed by atoms with Crippen molar-refractivity contribution in [3.8, 4) is 0 Å². The highest BCUT2D eigenvalue weighted by atomic mass is 79.9. The van der Waals surface area contributed by atoms with Crippen LogP contribution in [0.5, 0.6) is 0 Å². The summed E-state index contributed by atoms with van der Waals surface area (Å²) in [4.78, 5) is 16.2. The number of halogens is 1. The average Bonchev–Trinajstić information content (AvgIpc) is 2.89. The first-order chi connectivity index (χ1) is 11.3. The number of nitrogens with zero attached hydrogens (tertiary/aromatic N) is 5. The standard InChI is InChI=1S/C16H22BrN5O2/c1-16(2,3)24-15(23)22-9-7-21(8-10-22)12-6-5-11(17)14-13(12)18-19-20(14)4/h5-6H,7-10H2,1-4H3. The molecule has 1 aliphatic rings. The first-order valence-electron chi connectivity index (χ1n) is 7.97. The van der Waals surface area contributed by atoms with Gasteiger partial charge in [0, 0.05) is 37.7 Å². The van der Waals surface area contributed by atoms with E-state index in [0.29, 0.717) is 13.1 Å². The molecule has 0 unspecified atom stereocenters. The fraction of sp³-hybridized carbons (Fsp3) is 0.562. The van der Waals surface area contributed by atoms with Crippen molar-refractivity contribution in [2.75, 3.05) is 31.1 Å². The van der Waals surface area contributed by atoms with Crippen molar-refractivity contribution < 1.29 is 9.53 Å². The molecule has 1 aromatic heterocycles. The van der Waals surface area contributed by atoms with Crippen molar-refractivity contribution in [3.05, 3.63) is 16.6 Å². The lowest BCUT2D eigenvalue weighted by Crippen LogP contribution is -2.50. The topological polar surface area (TPSA) is 63.5 Å². The van der Waals surface area contributed by atoms with E-state index in [2.05, 4.69) is 31.1 Å². The third kappa shape index (κ3) is 3.33. The van der Waals surface area contributed by atoms with E-state index >= 15 is 0 Å². The van der Waals surface area contributed by atoms with E-state index in [1.54, 1.807) is 9.58 Å². The van der Waals surface area contributed by atoms with Gasteiger partial charge in [0.2, 0.25) is 0 Å². The molecule has 0 spiro atoms. The first kappa shape index (κ1) is 17.0. The second-order valence-electron chi connectivity index (χ2n) is 6.93. The van der Waals surface area contributed by atoms with E-state index in [9.17, 15) is 4.79 Å². The highest BCUT2D eigenvalue weighted by Gasteiger charge is 2.27. The molecule has 0 bridgehead atoms. The van der Waals surface area contributed by atoms with Crippen LogP contribution in [0.25, 0.3) is 11.0 Å². The summed E-state index contributed by atoms with van der Waals surface area (Å²) in [5.41, 5.74) is 2.43. The molecule has 2 heterocycles. The molecular weight excluding hydrogens is 374 g/mol. The van der Waals surface area contributed by atoms with Crippen molar-refractivity contribution in [3.63, 3.8) is 0 Å². The number of carbonyl (C=O) groups is 1. The van der Waals surface area contributed by atoms with Gasteiger partial charge in [0.05, 0.1) is 5.69 Å². The monoisotopic (exact) mass is 395 g/mol. The number of carbonyl (C=O) groups excluding carboxylic acids is 1. The third-order valence-corrected chi connectivity index (χ3v) is 4.60. The van der Waals surface area contributed by atoms with Crippen LogP contribution in [0.15, 0.2) is 16.6 Å². The van der Waals surface area contributed by atoms with Crippen molar-refractivity contribution in [1.82, 2.24) is 19.9 Å². The number of fused-ring (bicyclic) bond motifs is 1. The minimum absolute atomic E-state index is 0.248. The molecule has 1 fully saturated rings. The van der Waals surface area contributed by atoms with Crippen molar-refractivity contribution >= 4 is 38.7 Å². The molecule has 24 heavy (non-hydrogen) atoms. The maximum atomic E-state index is 12.2. The van der Waals surface area contributed by atoms with Crippen LogP contribution in [0.3, 0.4) is 0 Å². The molecule has 3 rings (SSSR count). The number of ether oxygens (including phenoxy) is 1. The van der Waals surface area contributed by atoms with Crippen LogP contribution in [0, 0.1) is 0 Å². The number of amides is 1. The third-order valence-electron chi connectivity index (χ3n) is 3.96. The Morgan fingerprint density at radius 3 is 2.50 bits per heavy atom. The molecular formula is C16H22BrN5O2. The summed E-state index contributed by atoms with van der Waals surface area (Å²) >= 11 is 3.55. The summed E-state index contributed by atoms with van der Waals surface area (Å²) in [5.74, 6) is 0. The quantitative estimate of drug-likeness (QED) is 0.742. The maximum absolute atomic E-state index is 12.2. The number of rotatable bonds is 1. The van der Waals surface area contributed by atoms with Gasteiger partial charge >= 0.3 is 6.09 Å². The molecule has 1 aromatic carbocycles. The number of benzene rings is 1. The van der Waals surface area contributed by atoms with Gasteiger partial charge in [0.15, 0.2) is 0 Å². The largest absolute Gasteiger partial charge is 0.444 e. The SMILES string of the molecule is Cn1nnc2c(N3CCN(C(=O)OC(C)(C)C)CC3)ccc(Br)c21. The smallest absolute Gasteiger partial charge is 0.410 e. The lowest BCUT2D eigenvalue weighted by Gasteiger charge is -2.36. The predicted octanol–water partition coefficient (Wildman–Crippen LogP) is 2.79. The zero-order valence-electron chi connectivity index (χ0n) is 14.4. The fourth-order valence-electron chi connectivity index (χ4n) is 2.82. The Balaban J connectivity index is 1.74. The molecule has 1 saturated heterocycles. The Morgan fingerprint density at radius 2 is 1.88 bits per heavy atom. The summed E-state index contributed by atoms with van der Waals surface area (Å²) in [6.45, 7) is 8.40. The zero-order chi connectivity index (χ0) is 17.5. The number of aryl methyl sites for hydroxylation is 1. The van der Waals surface area contributed by atoms with Gasteiger partial charge in [0.25, 0.3) is 0 Å². The van der Waals surface area contributed by atoms with Gasteiger partial charge < -0.3 is 14.5 Å². The minimum atomic E-state index is -0.467. The van der Waals surface area contributed by atoms with Gasteiger partial charge in [-0.05, 0) is 48.8 Å². The van der Waals surface area contributed by atoms with E-state index in [1.807, 2.05) is 40.0 Å². The summed E-state index contributed by atoms with van der Waals surface area (Å²) in [6.07, 6.45) is -0.248. The Morgan fingerprint density at radius 1 is 1.21 bits per heavy atom. The lowest BCUT2D eigenvalue weighted by molar-refractivity contribution is 0.0240. The molecule has 2 aromatic rings. The molecule has 8 heteroatoms. The molecule has 130 valence electrons. The van der Waals surface area contributed by atoms with Crippen LogP contribution in [-0.4, -0.2) is 57.8 Å². The summed E-state index contributed by atoms with van der Waals surface area (Å²) in [7, 11) is 1.88. The van der Waals surface area contributed by atoms with Crippen LogP contribution in [0.1, 0.15) is 20.8 Å². The summed E-state index contributed by atoms with van der Waals surface area (Å²) in [5, 5.41) is 8.41. The molecule has 1 amide bonds. The molecule has 0 radical (unpaired) electrons. The highest BCUT2D eigenvalue weighted by molar-refractivity contribution is 9.10. The predicted molar refractivity (Wildman–Crippen MR) is 96.2 cm³/mol. The van der Waals surface area contributed by atoms with Crippen LogP contribution in [0.4, 0.5) is 10.5 Å². The van der Waals surface area contributed by atoms with Gasteiger partial charge in [-0.1, -0.05) is 5.21 Å². The number of aromatic nitrogens is 3. The normalized spacial score (nSPS) is 15.9. The van der Waals surface area contributed by atoms with Gasteiger partial charge in [-0.25, -0.2) is 9.48 Å². The van der Waals surface area contributed by atoms with Gasteiger partial charge in [-0.15, -0.1) is 5.10 Å². The number of anilines is 1. The van der Waals surface area contributed by atoms with Gasteiger partial charge in [0.1, 0.15) is 16.6 Å². The molecule has 1 aliphatic heterocycles. The van der Waals surface area contributed by atoms with Crippen LogP contribution >= 0.6 is 15.9 Å². The van der Waals surface area contributed by atoms with E-state index in [-0.39, 0.29) is 6.09 Å². The van der Waals surface area contributed by atoms with Crippen LogP contribution in [0.2, 0.25) is 0 Å². The van der Waals surface area contributed by atoms with Crippen molar-refractivity contribution in [1.29, 1.82) is 0 Å². The number of hydrogen-bond donors (Lipinski definition) is 0. The number of piperazine rings is 1. The average molecular weight is 396 g/mol. The Bertz CT molecular complexity index is 760. The summed E-state index contributed by atoms with van der Waals surface area (Å²) in [6, 6.07) is 4.06. The molecule has 0 saturated carbocycles. The Hall–Kier alpha value is -1.83. The van der Waals surface area contributed by atoms with Gasteiger partial charge in [-0.2, -0.15) is 0 Å². The van der Waals surface area contributed by atoms with E-state index in [4.69, 9.17) is 4.74 Å². The second kappa shape index (κ2) is 6.23. The van der Waals surface area contributed by atoms with Crippen LogP contribution < -0.4 is 4.90 Å². The molecule has 0 atom stereocenters. The van der Waals surface area contributed by atoms with Gasteiger partial charge in [-0.3, -0.25) is 0 Å². The van der Waals surface area contributed by atoms with E-state index in [1.165, 1.54) is 0 Å². The van der Waals surface area contributed by atoms with E-state index < -0.39 is 5.60 Å². The minimum Gasteiger partial charge on any atom is -0.444 e. The van der Waals surface area contributed by atoms with E-state index in [0.717, 1.165) is 34.3 Å². The second-order valence-corrected chi connectivity index (χ2v) is 7.79. The Labute approximate surface area is 149 Å². The zero-order valence-corrected chi connectivity index (χ0v) is 16.0. The molecule has 0 N–H and O–H groups in total. The lowest BCUT2D eigenvalue weighted by atomic mass is 10.2. The fourth-order valence-corrected chi connectivity index (χ4v) is 3.40. The van der Waals surface area contributed by atoms with Crippen LogP contribution in [-0.2, 0) is 11.8 Å². The molecule has 0 aliphatic carbocycles. The maximum Gasteiger partial charge on any atom is 0.410 e. The van der Waals surface area contributed by atoms with Crippen molar-refractivity contribution in [2.45, 2.75) is 26.4 Å². The highest BCUT2D eigenvalue weighted by Crippen LogP contribution is 2.31. The Kier molecular flexibility index (Phi) is 4.42. The van der Waals surface area contributed by atoms with Crippen molar-refractivity contribution in [2.24, 2.45) is 7.05 Å².